The molecule has 1 amide bonds. The molecule has 1 aromatic rings. The maximum Gasteiger partial charge on any atom is 0.270 e. The van der Waals surface area contributed by atoms with Gasteiger partial charge in [0.15, 0.2) is 0 Å². The van der Waals surface area contributed by atoms with E-state index in [1.807, 2.05) is 17.2 Å². The largest absolute Gasteiger partial charge is 0.397 e. The van der Waals surface area contributed by atoms with Crippen molar-refractivity contribution in [1.29, 1.82) is 0 Å². The number of hydrogen-bond acceptors (Lipinski definition) is 2. The van der Waals surface area contributed by atoms with Crippen LogP contribution in [0.2, 0.25) is 0 Å². The standard InChI is InChI=1S/C14H21N3O/c1-14(2)5-6-16(9-14)13(18)12-7-10(15)8-17(12)11-3-4-11/h7-8,11H,3-6,9,15H2,1-2H3. The van der Waals surface area contributed by atoms with E-state index in [1.165, 1.54) is 12.8 Å². The molecule has 1 aromatic heterocycles. The summed E-state index contributed by atoms with van der Waals surface area (Å²) < 4.78 is 2.07. The molecule has 3 rings (SSSR count). The number of rotatable bonds is 2. The fraction of sp³-hybridized carbons (Fsp3) is 0.643. The Morgan fingerprint density at radius 1 is 1.44 bits per heavy atom. The van der Waals surface area contributed by atoms with Gasteiger partial charge in [0, 0.05) is 25.3 Å². The van der Waals surface area contributed by atoms with Crippen LogP contribution < -0.4 is 5.73 Å². The number of aromatic nitrogens is 1. The van der Waals surface area contributed by atoms with Gasteiger partial charge in [0.2, 0.25) is 0 Å². The van der Waals surface area contributed by atoms with Gasteiger partial charge in [-0.2, -0.15) is 0 Å². The maximum absolute atomic E-state index is 12.6. The van der Waals surface area contributed by atoms with Crippen molar-refractivity contribution in [3.63, 3.8) is 0 Å². The molecule has 1 saturated carbocycles. The molecule has 2 aliphatic rings. The molecule has 4 heteroatoms. The summed E-state index contributed by atoms with van der Waals surface area (Å²) in [6.07, 6.45) is 5.32. The summed E-state index contributed by atoms with van der Waals surface area (Å²) in [5.74, 6) is 0.143. The van der Waals surface area contributed by atoms with Crippen LogP contribution in [-0.4, -0.2) is 28.5 Å². The Labute approximate surface area is 108 Å². The molecule has 18 heavy (non-hydrogen) atoms. The van der Waals surface area contributed by atoms with Gasteiger partial charge in [0.25, 0.3) is 5.91 Å². The van der Waals surface area contributed by atoms with Crippen molar-refractivity contribution in [1.82, 2.24) is 9.47 Å². The highest BCUT2D eigenvalue weighted by Gasteiger charge is 2.35. The molecule has 1 aliphatic heterocycles. The third kappa shape index (κ3) is 2.00. The van der Waals surface area contributed by atoms with Crippen molar-refractivity contribution in [2.75, 3.05) is 18.8 Å². The molecule has 98 valence electrons. The Hall–Kier alpha value is -1.45. The number of hydrogen-bond donors (Lipinski definition) is 1. The second kappa shape index (κ2) is 3.77. The zero-order chi connectivity index (χ0) is 12.9. The summed E-state index contributed by atoms with van der Waals surface area (Å²) in [4.78, 5) is 14.5. The van der Waals surface area contributed by atoms with E-state index >= 15 is 0 Å². The molecule has 0 bridgehead atoms. The van der Waals surface area contributed by atoms with Crippen LogP contribution >= 0.6 is 0 Å². The quantitative estimate of drug-likeness (QED) is 0.871. The Bertz CT molecular complexity index is 485. The number of nitrogen functional groups attached to an aromatic ring is 1. The van der Waals surface area contributed by atoms with E-state index in [-0.39, 0.29) is 11.3 Å². The van der Waals surface area contributed by atoms with Crippen molar-refractivity contribution in [3.05, 3.63) is 18.0 Å². The van der Waals surface area contributed by atoms with Gasteiger partial charge in [-0.1, -0.05) is 13.8 Å². The van der Waals surface area contributed by atoms with E-state index < -0.39 is 0 Å². The van der Waals surface area contributed by atoms with Gasteiger partial charge in [-0.25, -0.2) is 0 Å². The molecule has 1 aliphatic carbocycles. The van der Waals surface area contributed by atoms with Gasteiger partial charge in [0.1, 0.15) is 5.69 Å². The molecule has 0 atom stereocenters. The van der Waals surface area contributed by atoms with Crippen LogP contribution in [0.25, 0.3) is 0 Å². The molecule has 4 nitrogen and oxygen atoms in total. The van der Waals surface area contributed by atoms with E-state index in [0.29, 0.717) is 11.7 Å². The van der Waals surface area contributed by atoms with Crippen molar-refractivity contribution >= 4 is 11.6 Å². The second-order valence-electron chi connectivity index (χ2n) is 6.44. The lowest BCUT2D eigenvalue weighted by molar-refractivity contribution is 0.0767. The Morgan fingerprint density at radius 2 is 2.17 bits per heavy atom. The first-order valence-corrected chi connectivity index (χ1v) is 6.73. The van der Waals surface area contributed by atoms with Crippen LogP contribution in [0.5, 0.6) is 0 Å². The number of carbonyl (C=O) groups is 1. The lowest BCUT2D eigenvalue weighted by atomic mass is 9.93. The van der Waals surface area contributed by atoms with E-state index in [9.17, 15) is 4.79 Å². The SMILES string of the molecule is CC1(C)CCN(C(=O)c2cc(N)cn2C2CC2)C1. The highest BCUT2D eigenvalue weighted by molar-refractivity contribution is 5.94. The topological polar surface area (TPSA) is 51.3 Å². The smallest absolute Gasteiger partial charge is 0.270 e. The number of amides is 1. The van der Waals surface area contributed by atoms with Crippen molar-refractivity contribution in [2.45, 2.75) is 39.2 Å². The average molecular weight is 247 g/mol. The van der Waals surface area contributed by atoms with Crippen molar-refractivity contribution < 1.29 is 4.79 Å². The molecular weight excluding hydrogens is 226 g/mol. The maximum atomic E-state index is 12.6. The minimum atomic E-state index is 0.143. The normalized spacial score (nSPS) is 22.4. The van der Waals surface area contributed by atoms with Gasteiger partial charge < -0.3 is 15.2 Å². The zero-order valence-corrected chi connectivity index (χ0v) is 11.1. The summed E-state index contributed by atoms with van der Waals surface area (Å²) in [7, 11) is 0. The van der Waals surface area contributed by atoms with Crippen LogP contribution in [0, 0.1) is 5.41 Å². The number of nitrogens with zero attached hydrogens (tertiary/aromatic N) is 2. The van der Waals surface area contributed by atoms with E-state index in [2.05, 4.69) is 18.4 Å². The predicted octanol–water partition coefficient (Wildman–Crippen LogP) is 2.28. The van der Waals surface area contributed by atoms with Crippen molar-refractivity contribution in [3.8, 4) is 0 Å². The van der Waals surface area contributed by atoms with E-state index in [1.54, 1.807) is 0 Å². The lowest BCUT2D eigenvalue weighted by Crippen LogP contribution is -2.31. The average Bonchev–Trinajstić information content (AvgIpc) is 2.98. The summed E-state index contributed by atoms with van der Waals surface area (Å²) >= 11 is 0. The fourth-order valence-corrected chi connectivity index (χ4v) is 2.77. The molecule has 2 heterocycles. The van der Waals surface area contributed by atoms with Gasteiger partial charge in [-0.15, -0.1) is 0 Å². The predicted molar refractivity (Wildman–Crippen MR) is 71.4 cm³/mol. The first-order chi connectivity index (χ1) is 8.46. The number of carbonyl (C=O) groups excluding carboxylic acids is 1. The summed E-state index contributed by atoms with van der Waals surface area (Å²) in [5, 5.41) is 0. The van der Waals surface area contributed by atoms with Crippen molar-refractivity contribution in [2.24, 2.45) is 5.41 Å². The Kier molecular flexibility index (Phi) is 2.44. The number of likely N-dealkylation sites (tertiary alicyclic amines) is 1. The highest BCUT2D eigenvalue weighted by atomic mass is 16.2. The fourth-order valence-electron chi connectivity index (χ4n) is 2.77. The number of anilines is 1. The number of nitrogens with two attached hydrogens (primary N) is 1. The molecule has 0 radical (unpaired) electrons. The first-order valence-electron chi connectivity index (χ1n) is 6.73. The van der Waals surface area contributed by atoms with Gasteiger partial charge in [-0.3, -0.25) is 4.79 Å². The lowest BCUT2D eigenvalue weighted by Gasteiger charge is -2.20. The van der Waals surface area contributed by atoms with Crippen LogP contribution in [0.15, 0.2) is 12.3 Å². The summed E-state index contributed by atoms with van der Waals surface area (Å²) in [6, 6.07) is 2.32. The second-order valence-corrected chi connectivity index (χ2v) is 6.44. The zero-order valence-electron chi connectivity index (χ0n) is 11.1. The van der Waals surface area contributed by atoms with Crippen LogP contribution in [-0.2, 0) is 0 Å². The minimum Gasteiger partial charge on any atom is -0.397 e. The van der Waals surface area contributed by atoms with Crippen LogP contribution in [0.1, 0.15) is 49.6 Å². The van der Waals surface area contributed by atoms with Crippen LogP contribution in [0.3, 0.4) is 0 Å². The minimum absolute atomic E-state index is 0.143. The van der Waals surface area contributed by atoms with Gasteiger partial charge >= 0.3 is 0 Å². The summed E-state index contributed by atoms with van der Waals surface area (Å²) in [5.41, 5.74) is 7.56. The third-order valence-electron chi connectivity index (χ3n) is 3.99. The summed E-state index contributed by atoms with van der Waals surface area (Å²) in [6.45, 7) is 6.15. The highest BCUT2D eigenvalue weighted by Crippen LogP contribution is 2.38. The van der Waals surface area contributed by atoms with E-state index in [0.717, 1.165) is 25.2 Å². The molecule has 0 aromatic carbocycles. The van der Waals surface area contributed by atoms with Crippen LogP contribution in [0.4, 0.5) is 5.69 Å². The molecule has 2 fully saturated rings. The molecule has 1 saturated heterocycles. The molecule has 2 N–H and O–H groups in total. The Balaban J connectivity index is 1.84. The molecular formula is C14H21N3O. The monoisotopic (exact) mass is 247 g/mol. The molecule has 0 spiro atoms. The van der Waals surface area contributed by atoms with Gasteiger partial charge in [-0.05, 0) is 30.7 Å². The third-order valence-corrected chi connectivity index (χ3v) is 3.99. The Morgan fingerprint density at radius 3 is 2.72 bits per heavy atom. The van der Waals surface area contributed by atoms with E-state index in [4.69, 9.17) is 5.73 Å². The van der Waals surface area contributed by atoms with Gasteiger partial charge in [0.05, 0.1) is 5.69 Å². The molecule has 0 unspecified atom stereocenters. The first kappa shape index (κ1) is 11.6.